The molecule has 0 spiro atoms. The van der Waals surface area contributed by atoms with Crippen molar-refractivity contribution in [3.05, 3.63) is 63.7 Å². The summed E-state index contributed by atoms with van der Waals surface area (Å²) in [5, 5.41) is 18.6. The molecule has 0 aromatic heterocycles. The van der Waals surface area contributed by atoms with Crippen LogP contribution in [0.15, 0.2) is 47.4 Å². The third-order valence-corrected chi connectivity index (χ3v) is 4.15. The van der Waals surface area contributed by atoms with Gasteiger partial charge in [-0.3, -0.25) is 10.1 Å². The van der Waals surface area contributed by atoms with E-state index in [1.165, 1.54) is 30.3 Å². The van der Waals surface area contributed by atoms with Crippen LogP contribution in [0.1, 0.15) is 17.6 Å². The second-order valence-corrected chi connectivity index (χ2v) is 6.41. The normalized spacial score (nSPS) is 11.5. The number of rotatable bonds is 6. The van der Waals surface area contributed by atoms with E-state index in [0.29, 0.717) is 5.56 Å². The van der Waals surface area contributed by atoms with Gasteiger partial charge in [0.25, 0.3) is 12.1 Å². The first-order valence-electron chi connectivity index (χ1n) is 6.60. The number of alkyl halides is 2. The molecule has 24 heavy (non-hydrogen) atoms. The van der Waals surface area contributed by atoms with Crippen molar-refractivity contribution >= 4 is 21.4 Å². The van der Waals surface area contributed by atoms with Crippen LogP contribution < -0.4 is 10.5 Å². The summed E-state index contributed by atoms with van der Waals surface area (Å²) in [7, 11) is -4.18. The van der Waals surface area contributed by atoms with Crippen LogP contribution >= 0.6 is 0 Å². The maximum absolute atomic E-state index is 12.5. The molecule has 3 N–H and O–H groups in total. The maximum Gasteiger partial charge on any atom is 0.270 e. The molecule has 0 aliphatic carbocycles. The van der Waals surface area contributed by atoms with E-state index in [1.54, 1.807) is 0 Å². The Morgan fingerprint density at radius 3 is 2.29 bits per heavy atom. The number of nitrogens with one attached hydrogen (secondary N) is 1. The van der Waals surface area contributed by atoms with Crippen LogP contribution in [0.2, 0.25) is 0 Å². The first-order chi connectivity index (χ1) is 11.2. The van der Waals surface area contributed by atoms with Crippen molar-refractivity contribution in [1.82, 2.24) is 0 Å². The Balaban J connectivity index is 2.24. The summed E-state index contributed by atoms with van der Waals surface area (Å²) in [6.45, 7) is 0.129. The molecule has 7 nitrogen and oxygen atoms in total. The van der Waals surface area contributed by atoms with Crippen LogP contribution in [-0.2, 0) is 16.6 Å². The molecule has 128 valence electrons. The van der Waals surface area contributed by atoms with Crippen LogP contribution in [0.4, 0.5) is 20.2 Å². The molecule has 0 saturated heterocycles. The molecule has 2 aromatic carbocycles. The number of nitrogens with zero attached hydrogens (tertiary/aromatic N) is 1. The quantitative estimate of drug-likeness (QED) is 0.609. The van der Waals surface area contributed by atoms with Crippen LogP contribution in [0.3, 0.4) is 0 Å². The van der Waals surface area contributed by atoms with Crippen molar-refractivity contribution in [2.45, 2.75) is 17.9 Å². The molecule has 0 aliphatic rings. The van der Waals surface area contributed by atoms with Gasteiger partial charge in [0.2, 0.25) is 10.0 Å². The topological polar surface area (TPSA) is 115 Å². The highest BCUT2D eigenvalue weighted by Gasteiger charge is 2.19. The average Bonchev–Trinajstić information content (AvgIpc) is 2.52. The van der Waals surface area contributed by atoms with E-state index in [9.17, 15) is 27.3 Å². The molecule has 2 aromatic rings. The summed E-state index contributed by atoms with van der Waals surface area (Å²) < 4.78 is 48.2. The molecule has 0 radical (unpaired) electrons. The van der Waals surface area contributed by atoms with Gasteiger partial charge in [0.05, 0.1) is 10.6 Å². The lowest BCUT2D eigenvalue weighted by Crippen LogP contribution is -2.15. The monoisotopic (exact) mass is 357 g/mol. The first-order valence-corrected chi connectivity index (χ1v) is 8.15. The number of benzene rings is 2. The number of anilines is 1. The van der Waals surface area contributed by atoms with Gasteiger partial charge in [-0.15, -0.1) is 0 Å². The molecule has 10 heteroatoms. The van der Waals surface area contributed by atoms with Gasteiger partial charge in [0.15, 0.2) is 0 Å². The molecule has 0 unspecified atom stereocenters. The summed E-state index contributed by atoms with van der Waals surface area (Å²) in [6, 6.07) is 8.68. The molecule has 0 heterocycles. The lowest BCUT2D eigenvalue weighted by Gasteiger charge is -2.11. The van der Waals surface area contributed by atoms with Crippen molar-refractivity contribution in [3.63, 3.8) is 0 Å². The highest BCUT2D eigenvalue weighted by Crippen LogP contribution is 2.26. The Morgan fingerprint density at radius 1 is 1.17 bits per heavy atom. The molecule has 0 bridgehead atoms. The van der Waals surface area contributed by atoms with Crippen LogP contribution in [0.25, 0.3) is 0 Å². The second kappa shape index (κ2) is 6.89. The summed E-state index contributed by atoms with van der Waals surface area (Å²) in [5.74, 6) is 0. The van der Waals surface area contributed by atoms with Crippen molar-refractivity contribution in [2.75, 3.05) is 5.32 Å². The Hall–Kier alpha value is -2.59. The third kappa shape index (κ3) is 4.24. The third-order valence-electron chi connectivity index (χ3n) is 3.20. The minimum atomic E-state index is -4.18. The Bertz CT molecular complexity index is 855. The Kier molecular flexibility index (Phi) is 5.10. The van der Waals surface area contributed by atoms with E-state index >= 15 is 0 Å². The minimum Gasteiger partial charge on any atom is -0.380 e. The summed E-state index contributed by atoms with van der Waals surface area (Å²) in [6.07, 6.45) is -2.57. The van der Waals surface area contributed by atoms with Gasteiger partial charge >= 0.3 is 0 Å². The van der Waals surface area contributed by atoms with Crippen LogP contribution in [-0.4, -0.2) is 13.3 Å². The van der Waals surface area contributed by atoms with E-state index in [2.05, 4.69) is 5.32 Å². The van der Waals surface area contributed by atoms with Gasteiger partial charge in [-0.1, -0.05) is 24.3 Å². The summed E-state index contributed by atoms with van der Waals surface area (Å²) >= 11 is 0. The predicted molar refractivity (Wildman–Crippen MR) is 83.2 cm³/mol. The van der Waals surface area contributed by atoms with Crippen LogP contribution in [0.5, 0.6) is 0 Å². The van der Waals surface area contributed by atoms with Crippen molar-refractivity contribution in [3.8, 4) is 0 Å². The largest absolute Gasteiger partial charge is 0.380 e. The molecule has 0 amide bonds. The van der Waals surface area contributed by atoms with Crippen molar-refractivity contribution < 1.29 is 22.1 Å². The van der Waals surface area contributed by atoms with Crippen molar-refractivity contribution in [1.29, 1.82) is 0 Å². The SMILES string of the molecule is NS(=O)(=O)c1cc([N+](=O)[O-])ccc1NCc1ccc(C(F)F)cc1. The van der Waals surface area contributed by atoms with Gasteiger partial charge < -0.3 is 5.32 Å². The van der Waals surface area contributed by atoms with Gasteiger partial charge in [-0.25, -0.2) is 22.3 Å². The summed E-state index contributed by atoms with van der Waals surface area (Å²) in [4.78, 5) is 9.60. The highest BCUT2D eigenvalue weighted by atomic mass is 32.2. The average molecular weight is 357 g/mol. The number of hydrogen-bond acceptors (Lipinski definition) is 5. The number of nitro benzene ring substituents is 1. The molecule has 2 rings (SSSR count). The van der Waals surface area contributed by atoms with E-state index in [0.717, 1.165) is 12.1 Å². The van der Waals surface area contributed by atoms with Gasteiger partial charge in [0, 0.05) is 24.2 Å². The zero-order valence-electron chi connectivity index (χ0n) is 12.1. The zero-order chi connectivity index (χ0) is 17.9. The number of halogens is 2. The predicted octanol–water partition coefficient (Wildman–Crippen LogP) is 2.79. The minimum absolute atomic E-state index is 0.0843. The number of primary sulfonamides is 1. The number of non-ortho nitro benzene ring substituents is 1. The Labute approximate surface area is 136 Å². The van der Waals surface area contributed by atoms with Crippen LogP contribution in [0, 0.1) is 10.1 Å². The standard InChI is InChI=1S/C14H13F2N3O4S/c15-14(16)10-3-1-9(2-4-10)8-18-12-6-5-11(19(20)21)7-13(12)24(17,22)23/h1-7,14,18H,8H2,(H2,17,22,23). The molecule has 0 fully saturated rings. The summed E-state index contributed by atoms with van der Waals surface area (Å²) in [5.41, 5.74) is 0.171. The molecule has 0 saturated carbocycles. The first kappa shape index (κ1) is 17.8. The van der Waals surface area contributed by atoms with Gasteiger partial charge in [-0.2, -0.15) is 0 Å². The maximum atomic E-state index is 12.5. The van der Waals surface area contributed by atoms with Crippen molar-refractivity contribution in [2.24, 2.45) is 5.14 Å². The lowest BCUT2D eigenvalue weighted by atomic mass is 10.1. The molecule has 0 aliphatic heterocycles. The number of hydrogen-bond donors (Lipinski definition) is 2. The number of sulfonamides is 1. The van der Waals surface area contributed by atoms with E-state index in [4.69, 9.17) is 5.14 Å². The molecule has 0 atom stereocenters. The smallest absolute Gasteiger partial charge is 0.270 e. The van der Waals surface area contributed by atoms with E-state index < -0.39 is 32.0 Å². The van der Waals surface area contributed by atoms with Gasteiger partial charge in [0.1, 0.15) is 4.90 Å². The highest BCUT2D eigenvalue weighted by molar-refractivity contribution is 7.89. The number of nitro groups is 1. The molecular weight excluding hydrogens is 344 g/mol. The van der Waals surface area contributed by atoms with E-state index in [-0.39, 0.29) is 17.8 Å². The lowest BCUT2D eigenvalue weighted by molar-refractivity contribution is -0.385. The van der Waals surface area contributed by atoms with Gasteiger partial charge in [-0.05, 0) is 11.6 Å². The fourth-order valence-electron chi connectivity index (χ4n) is 1.98. The number of nitrogens with two attached hydrogens (primary N) is 1. The fraction of sp³-hybridized carbons (Fsp3) is 0.143. The fourth-order valence-corrected chi connectivity index (χ4v) is 2.72. The zero-order valence-corrected chi connectivity index (χ0v) is 13.0. The van der Waals surface area contributed by atoms with E-state index in [1.807, 2.05) is 0 Å². The molecular formula is C14H13F2N3O4S. The Morgan fingerprint density at radius 2 is 1.79 bits per heavy atom. The second-order valence-electron chi connectivity index (χ2n) is 4.88.